The van der Waals surface area contributed by atoms with Crippen LogP contribution in [-0.2, 0) is 9.59 Å². The summed E-state index contributed by atoms with van der Waals surface area (Å²) in [5, 5.41) is 0. The van der Waals surface area contributed by atoms with Gasteiger partial charge in [0.2, 0.25) is 6.10 Å². The lowest BCUT2D eigenvalue weighted by molar-refractivity contribution is -0.168. The molecular formula is C25H23NO5. The fraction of sp³-hybridized carbons (Fsp3) is 0.200. The number of likely N-dealkylation sites (tertiary alicyclic amines) is 1. The van der Waals surface area contributed by atoms with E-state index in [1.54, 1.807) is 31.3 Å². The van der Waals surface area contributed by atoms with Crippen LogP contribution in [0.3, 0.4) is 0 Å². The molecule has 0 bridgehead atoms. The number of hydrogen-bond acceptors (Lipinski definition) is 5. The Labute approximate surface area is 181 Å². The van der Waals surface area contributed by atoms with Gasteiger partial charge >= 0.3 is 0 Å². The minimum Gasteiger partial charge on any atom is -0.497 e. The Morgan fingerprint density at radius 2 is 1.29 bits per heavy atom. The van der Waals surface area contributed by atoms with Crippen LogP contribution in [0.1, 0.15) is 17.2 Å². The summed E-state index contributed by atoms with van der Waals surface area (Å²) in [5.41, 5.74) is 1.73. The van der Waals surface area contributed by atoms with Gasteiger partial charge in [-0.2, -0.15) is 0 Å². The van der Waals surface area contributed by atoms with Gasteiger partial charge in [-0.25, -0.2) is 0 Å². The van der Waals surface area contributed by atoms with E-state index in [0.29, 0.717) is 17.2 Å². The van der Waals surface area contributed by atoms with E-state index in [9.17, 15) is 9.59 Å². The molecule has 3 aromatic rings. The number of carbonyl (C=O) groups excluding carboxylic acids is 2. The Morgan fingerprint density at radius 3 is 1.74 bits per heavy atom. The highest BCUT2D eigenvalue weighted by Gasteiger charge is 2.53. The first-order valence-electron chi connectivity index (χ1n) is 9.93. The molecule has 1 saturated heterocycles. The molecule has 0 saturated carbocycles. The predicted molar refractivity (Wildman–Crippen MR) is 115 cm³/mol. The predicted octanol–water partition coefficient (Wildman–Crippen LogP) is 3.65. The zero-order valence-electron chi connectivity index (χ0n) is 17.3. The van der Waals surface area contributed by atoms with Crippen LogP contribution >= 0.6 is 0 Å². The molecule has 1 aliphatic heterocycles. The molecule has 0 spiro atoms. The van der Waals surface area contributed by atoms with E-state index in [4.69, 9.17) is 14.2 Å². The molecule has 2 atom stereocenters. The van der Waals surface area contributed by atoms with Crippen molar-refractivity contribution in [1.29, 1.82) is 0 Å². The molecule has 0 aliphatic carbocycles. The van der Waals surface area contributed by atoms with Gasteiger partial charge in [-0.3, -0.25) is 4.79 Å². The van der Waals surface area contributed by atoms with Gasteiger partial charge in [-0.1, -0.05) is 42.5 Å². The quantitative estimate of drug-likeness (QED) is 0.414. The third-order valence-electron chi connectivity index (χ3n) is 5.42. The maximum atomic E-state index is 13.2. The first-order valence-corrected chi connectivity index (χ1v) is 9.93. The van der Waals surface area contributed by atoms with Crippen molar-refractivity contribution in [3.63, 3.8) is 0 Å². The van der Waals surface area contributed by atoms with Crippen molar-refractivity contribution in [3.05, 3.63) is 90.0 Å². The number of hydrogen-bond donors (Lipinski definition) is 0. The molecule has 1 fully saturated rings. The number of amides is 1. The minimum absolute atomic E-state index is 0.238. The summed E-state index contributed by atoms with van der Waals surface area (Å²) in [6, 6.07) is 22.8. The number of nitrogens with zero attached hydrogens (tertiary/aromatic N) is 1. The monoisotopic (exact) mass is 417 g/mol. The minimum atomic E-state index is -0.848. The number of aldehydes is 1. The molecule has 158 valence electrons. The van der Waals surface area contributed by atoms with E-state index in [2.05, 4.69) is 0 Å². The Balaban J connectivity index is 1.68. The van der Waals surface area contributed by atoms with Crippen LogP contribution in [0, 0.1) is 0 Å². The molecule has 6 heteroatoms. The second-order valence-electron chi connectivity index (χ2n) is 7.17. The highest BCUT2D eigenvalue weighted by atomic mass is 16.5. The first kappa shape index (κ1) is 20.5. The van der Waals surface area contributed by atoms with Crippen molar-refractivity contribution in [2.24, 2.45) is 0 Å². The van der Waals surface area contributed by atoms with E-state index >= 15 is 0 Å². The molecule has 0 unspecified atom stereocenters. The van der Waals surface area contributed by atoms with Crippen LogP contribution in [0.2, 0.25) is 0 Å². The second kappa shape index (κ2) is 8.92. The van der Waals surface area contributed by atoms with E-state index < -0.39 is 18.2 Å². The molecule has 0 radical (unpaired) electrons. The van der Waals surface area contributed by atoms with Gasteiger partial charge in [-0.15, -0.1) is 0 Å². The van der Waals surface area contributed by atoms with Crippen molar-refractivity contribution in [2.45, 2.75) is 18.2 Å². The molecule has 1 aliphatic rings. The summed E-state index contributed by atoms with van der Waals surface area (Å²) in [6.07, 6.45) is -0.0754. The van der Waals surface area contributed by atoms with Crippen LogP contribution in [0.5, 0.6) is 17.2 Å². The number of rotatable bonds is 8. The fourth-order valence-corrected chi connectivity index (χ4v) is 3.79. The van der Waals surface area contributed by atoms with E-state index in [1.807, 2.05) is 66.7 Å². The number of carbonyl (C=O) groups is 2. The third kappa shape index (κ3) is 3.97. The Bertz CT molecular complexity index is 986. The normalized spacial score (nSPS) is 17.8. The summed E-state index contributed by atoms with van der Waals surface area (Å²) in [4.78, 5) is 26.7. The number of methoxy groups -OCH3 is 2. The SMILES string of the molecule is COc1ccc(C(c2ccc(OC)cc2)N2C(=O)[C@@H](Oc3ccccc3)[C@H]2C=O)cc1. The Kier molecular flexibility index (Phi) is 5.89. The molecule has 0 N–H and O–H groups in total. The van der Waals surface area contributed by atoms with Gasteiger partial charge in [0, 0.05) is 0 Å². The van der Waals surface area contributed by atoms with E-state index in [1.165, 1.54) is 0 Å². The zero-order chi connectivity index (χ0) is 21.8. The molecule has 3 aromatic carbocycles. The first-order chi connectivity index (χ1) is 15.2. The van der Waals surface area contributed by atoms with Crippen molar-refractivity contribution < 1.29 is 23.8 Å². The smallest absolute Gasteiger partial charge is 0.267 e. The average molecular weight is 417 g/mol. The molecule has 31 heavy (non-hydrogen) atoms. The summed E-state index contributed by atoms with van der Waals surface area (Å²) in [5.74, 6) is 1.74. The lowest BCUT2D eigenvalue weighted by atomic mass is 9.88. The fourth-order valence-electron chi connectivity index (χ4n) is 3.79. The van der Waals surface area contributed by atoms with E-state index in [-0.39, 0.29) is 5.91 Å². The molecule has 6 nitrogen and oxygen atoms in total. The maximum Gasteiger partial charge on any atom is 0.267 e. The maximum absolute atomic E-state index is 13.2. The molecule has 1 amide bonds. The zero-order valence-corrected chi connectivity index (χ0v) is 17.3. The third-order valence-corrected chi connectivity index (χ3v) is 5.42. The molecule has 4 rings (SSSR count). The lowest BCUT2D eigenvalue weighted by Crippen LogP contribution is -2.68. The molecule has 1 heterocycles. The summed E-state index contributed by atoms with van der Waals surface area (Å²) < 4.78 is 16.3. The number of β-lactam (4-membered cyclic amide) rings is 1. The lowest BCUT2D eigenvalue weighted by Gasteiger charge is -2.48. The van der Waals surface area contributed by atoms with Crippen molar-refractivity contribution in [3.8, 4) is 17.2 Å². The largest absolute Gasteiger partial charge is 0.497 e. The van der Waals surface area contributed by atoms with Gasteiger partial charge in [0.1, 0.15) is 29.6 Å². The standard InChI is InChI=1S/C25H23NO5/c1-29-19-12-8-17(9-13-19)23(18-10-14-20(30-2)15-11-18)26-22(16-27)24(25(26)28)31-21-6-4-3-5-7-21/h3-16,22-24H,1-2H3/t22-,24+/m1/s1. The Hall–Kier alpha value is -3.80. The van der Waals surface area contributed by atoms with Crippen molar-refractivity contribution >= 4 is 12.2 Å². The van der Waals surface area contributed by atoms with Crippen LogP contribution < -0.4 is 14.2 Å². The second-order valence-corrected chi connectivity index (χ2v) is 7.17. The van der Waals surface area contributed by atoms with Gasteiger partial charge in [-0.05, 0) is 47.5 Å². The van der Waals surface area contributed by atoms with Crippen molar-refractivity contribution in [1.82, 2.24) is 4.90 Å². The number of benzene rings is 3. The number of para-hydroxylation sites is 1. The van der Waals surface area contributed by atoms with Crippen LogP contribution in [0.4, 0.5) is 0 Å². The summed E-state index contributed by atoms with van der Waals surface area (Å²) >= 11 is 0. The average Bonchev–Trinajstić information content (AvgIpc) is 2.84. The van der Waals surface area contributed by atoms with Crippen LogP contribution in [0.15, 0.2) is 78.9 Å². The molecular weight excluding hydrogens is 394 g/mol. The van der Waals surface area contributed by atoms with Crippen LogP contribution in [0.25, 0.3) is 0 Å². The summed E-state index contributed by atoms with van der Waals surface area (Å²) in [6.45, 7) is 0. The highest BCUT2D eigenvalue weighted by Crippen LogP contribution is 2.38. The summed E-state index contributed by atoms with van der Waals surface area (Å²) in [7, 11) is 3.20. The topological polar surface area (TPSA) is 65.1 Å². The highest BCUT2D eigenvalue weighted by molar-refractivity contribution is 5.96. The van der Waals surface area contributed by atoms with Crippen LogP contribution in [-0.4, -0.2) is 43.5 Å². The molecule has 0 aromatic heterocycles. The van der Waals surface area contributed by atoms with Gasteiger partial charge < -0.3 is 23.9 Å². The van der Waals surface area contributed by atoms with Gasteiger partial charge in [0.25, 0.3) is 5.91 Å². The number of ether oxygens (including phenoxy) is 3. The van der Waals surface area contributed by atoms with Gasteiger partial charge in [0.15, 0.2) is 0 Å². The van der Waals surface area contributed by atoms with Crippen molar-refractivity contribution in [2.75, 3.05) is 14.2 Å². The van der Waals surface area contributed by atoms with Gasteiger partial charge in [0.05, 0.1) is 20.3 Å². The van der Waals surface area contributed by atoms with E-state index in [0.717, 1.165) is 17.4 Å². The Morgan fingerprint density at radius 1 is 0.774 bits per heavy atom.